The smallest absolute Gasteiger partial charge is 0.225 e. The SMILES string of the molecule is CC(=O)C(O)(Cl)C(O)CO. The lowest BCUT2D eigenvalue weighted by atomic mass is 10.1. The Bertz CT molecular complexity index is 134. The van der Waals surface area contributed by atoms with Gasteiger partial charge in [-0.2, -0.15) is 0 Å². The number of hydrogen-bond acceptors (Lipinski definition) is 4. The highest BCUT2D eigenvalue weighted by Crippen LogP contribution is 2.16. The van der Waals surface area contributed by atoms with Gasteiger partial charge in [-0.3, -0.25) is 4.79 Å². The molecule has 0 amide bonds. The highest BCUT2D eigenvalue weighted by molar-refractivity contribution is 6.33. The second-order valence-electron chi connectivity index (χ2n) is 1.93. The van der Waals surface area contributed by atoms with Gasteiger partial charge in [0.05, 0.1) is 6.61 Å². The quantitative estimate of drug-likeness (QED) is 0.466. The molecule has 0 aliphatic rings. The first-order chi connectivity index (χ1) is 4.42. The van der Waals surface area contributed by atoms with Crippen molar-refractivity contribution in [2.45, 2.75) is 18.1 Å². The van der Waals surface area contributed by atoms with Crippen molar-refractivity contribution in [2.24, 2.45) is 0 Å². The van der Waals surface area contributed by atoms with Crippen molar-refractivity contribution < 1.29 is 20.1 Å². The highest BCUT2D eigenvalue weighted by Gasteiger charge is 2.37. The van der Waals surface area contributed by atoms with Gasteiger partial charge in [0.2, 0.25) is 5.06 Å². The van der Waals surface area contributed by atoms with Gasteiger partial charge in [0.15, 0.2) is 5.78 Å². The molecule has 0 aromatic heterocycles. The van der Waals surface area contributed by atoms with Crippen molar-refractivity contribution in [3.05, 3.63) is 0 Å². The van der Waals surface area contributed by atoms with Gasteiger partial charge < -0.3 is 15.3 Å². The number of Topliss-reactive ketones (excluding diaryl/α,β-unsaturated/α-hetero) is 1. The van der Waals surface area contributed by atoms with Crippen LogP contribution in [-0.2, 0) is 4.79 Å². The van der Waals surface area contributed by atoms with E-state index in [0.717, 1.165) is 6.92 Å². The number of halogens is 1. The monoisotopic (exact) mass is 168 g/mol. The number of rotatable bonds is 3. The molecule has 0 spiro atoms. The molecule has 0 aliphatic carbocycles. The number of ketones is 1. The second kappa shape index (κ2) is 3.30. The maximum absolute atomic E-state index is 10.4. The molecule has 0 radical (unpaired) electrons. The Kier molecular flexibility index (Phi) is 3.24. The Hall–Kier alpha value is -0.160. The number of carbonyl (C=O) groups excluding carboxylic acids is 1. The van der Waals surface area contributed by atoms with Crippen LogP contribution in [0, 0.1) is 0 Å². The molecule has 0 fully saturated rings. The molecule has 4 nitrogen and oxygen atoms in total. The predicted octanol–water partition coefficient (Wildman–Crippen LogP) is -1.14. The summed E-state index contributed by atoms with van der Waals surface area (Å²) in [6.07, 6.45) is -1.63. The van der Waals surface area contributed by atoms with E-state index in [4.69, 9.17) is 26.9 Å². The maximum atomic E-state index is 10.4. The first kappa shape index (κ1) is 9.84. The third-order valence-corrected chi connectivity index (χ3v) is 1.63. The number of aliphatic hydroxyl groups is 3. The van der Waals surface area contributed by atoms with Crippen LogP contribution in [0.5, 0.6) is 0 Å². The molecular weight excluding hydrogens is 160 g/mol. The summed E-state index contributed by atoms with van der Waals surface area (Å²) in [5.74, 6) is -0.796. The minimum absolute atomic E-state index is 0.750. The normalized spacial score (nSPS) is 19.7. The Morgan fingerprint density at radius 3 is 2.30 bits per heavy atom. The molecule has 2 unspecified atom stereocenters. The molecule has 60 valence electrons. The first-order valence-electron chi connectivity index (χ1n) is 2.64. The molecule has 5 heteroatoms. The predicted molar refractivity (Wildman–Crippen MR) is 34.6 cm³/mol. The number of hydrogen-bond donors (Lipinski definition) is 3. The fourth-order valence-corrected chi connectivity index (χ4v) is 0.425. The third kappa shape index (κ3) is 1.91. The molecule has 10 heavy (non-hydrogen) atoms. The summed E-state index contributed by atoms with van der Waals surface area (Å²) in [5.41, 5.74) is 0. The van der Waals surface area contributed by atoms with Crippen molar-refractivity contribution in [3.63, 3.8) is 0 Å². The second-order valence-corrected chi connectivity index (χ2v) is 2.50. The summed E-state index contributed by atoms with van der Waals surface area (Å²) in [6, 6.07) is 0. The van der Waals surface area contributed by atoms with Crippen molar-refractivity contribution in [3.8, 4) is 0 Å². The fraction of sp³-hybridized carbons (Fsp3) is 0.800. The van der Waals surface area contributed by atoms with E-state index >= 15 is 0 Å². The third-order valence-electron chi connectivity index (χ3n) is 1.11. The van der Waals surface area contributed by atoms with Crippen molar-refractivity contribution in [1.82, 2.24) is 0 Å². The Morgan fingerprint density at radius 1 is 1.80 bits per heavy atom. The molecule has 0 saturated carbocycles. The Labute approximate surface area is 63.0 Å². The molecule has 0 aromatic rings. The van der Waals surface area contributed by atoms with E-state index < -0.39 is 23.6 Å². The average Bonchev–Trinajstić information content (AvgIpc) is 1.86. The molecule has 0 aliphatic heterocycles. The van der Waals surface area contributed by atoms with Gasteiger partial charge in [-0.05, 0) is 6.92 Å². The zero-order chi connectivity index (χ0) is 8.36. The lowest BCUT2D eigenvalue weighted by molar-refractivity contribution is -0.137. The van der Waals surface area contributed by atoms with Crippen LogP contribution < -0.4 is 0 Å². The molecule has 3 N–H and O–H groups in total. The summed E-state index contributed by atoms with van der Waals surface area (Å²) < 4.78 is 0. The lowest BCUT2D eigenvalue weighted by Gasteiger charge is -2.21. The maximum Gasteiger partial charge on any atom is 0.225 e. The zero-order valence-corrected chi connectivity index (χ0v) is 6.17. The first-order valence-corrected chi connectivity index (χ1v) is 3.02. The zero-order valence-electron chi connectivity index (χ0n) is 5.41. The van der Waals surface area contributed by atoms with Crippen LogP contribution in [-0.4, -0.2) is 38.9 Å². The van der Waals surface area contributed by atoms with E-state index in [1.54, 1.807) is 0 Å². The van der Waals surface area contributed by atoms with Crippen LogP contribution in [0.25, 0.3) is 0 Å². The van der Waals surface area contributed by atoms with Gasteiger partial charge in [0, 0.05) is 0 Å². The minimum Gasteiger partial charge on any atom is -0.394 e. The van der Waals surface area contributed by atoms with Gasteiger partial charge in [-0.1, -0.05) is 11.6 Å². The fourth-order valence-electron chi connectivity index (χ4n) is 0.356. The standard InChI is InChI=1S/C5H9ClO4/c1-3(8)5(6,10)4(9)2-7/h4,7,9-10H,2H2,1H3. The summed E-state index contributed by atoms with van der Waals surface area (Å²) in [4.78, 5) is 10.4. The van der Waals surface area contributed by atoms with Crippen molar-refractivity contribution in [1.29, 1.82) is 0 Å². The molecule has 0 heterocycles. The van der Waals surface area contributed by atoms with E-state index in [9.17, 15) is 4.79 Å². The molecule has 0 aromatic carbocycles. The lowest BCUT2D eigenvalue weighted by Crippen LogP contribution is -2.45. The largest absolute Gasteiger partial charge is 0.394 e. The molecular formula is C5H9ClO4. The Morgan fingerprint density at radius 2 is 2.20 bits per heavy atom. The summed E-state index contributed by atoms with van der Waals surface area (Å²) in [7, 11) is 0. The van der Waals surface area contributed by atoms with Crippen LogP contribution >= 0.6 is 11.6 Å². The van der Waals surface area contributed by atoms with Crippen molar-refractivity contribution >= 4 is 17.4 Å². The van der Waals surface area contributed by atoms with Crippen LogP contribution in [0.2, 0.25) is 0 Å². The summed E-state index contributed by atoms with van der Waals surface area (Å²) in [6.45, 7) is 0.269. The average molecular weight is 169 g/mol. The van der Waals surface area contributed by atoms with E-state index in [2.05, 4.69) is 0 Å². The molecule has 0 saturated heterocycles. The van der Waals surface area contributed by atoms with Crippen LogP contribution in [0.15, 0.2) is 0 Å². The van der Waals surface area contributed by atoms with Gasteiger partial charge in [-0.25, -0.2) is 0 Å². The van der Waals surface area contributed by atoms with Gasteiger partial charge in [0.1, 0.15) is 6.10 Å². The number of aliphatic hydroxyl groups excluding tert-OH is 2. The van der Waals surface area contributed by atoms with Crippen LogP contribution in [0.4, 0.5) is 0 Å². The van der Waals surface area contributed by atoms with Gasteiger partial charge >= 0.3 is 0 Å². The van der Waals surface area contributed by atoms with E-state index in [1.807, 2.05) is 0 Å². The topological polar surface area (TPSA) is 77.8 Å². The molecule has 2 atom stereocenters. The Balaban J connectivity index is 4.23. The number of alkyl halides is 1. The minimum atomic E-state index is -2.35. The highest BCUT2D eigenvalue weighted by atomic mass is 35.5. The molecule has 0 rings (SSSR count). The molecule has 0 bridgehead atoms. The summed E-state index contributed by atoms with van der Waals surface area (Å²) >= 11 is 5.12. The van der Waals surface area contributed by atoms with E-state index in [0.29, 0.717) is 0 Å². The summed E-state index contributed by atoms with van der Waals surface area (Å²) in [5, 5.41) is 23.5. The van der Waals surface area contributed by atoms with Crippen LogP contribution in [0.1, 0.15) is 6.92 Å². The van der Waals surface area contributed by atoms with Crippen molar-refractivity contribution in [2.75, 3.05) is 6.61 Å². The number of carbonyl (C=O) groups is 1. The van der Waals surface area contributed by atoms with E-state index in [1.165, 1.54) is 0 Å². The van der Waals surface area contributed by atoms with Gasteiger partial charge in [0.25, 0.3) is 0 Å². The van der Waals surface area contributed by atoms with E-state index in [-0.39, 0.29) is 0 Å². The van der Waals surface area contributed by atoms with Crippen LogP contribution in [0.3, 0.4) is 0 Å². The van der Waals surface area contributed by atoms with Gasteiger partial charge in [-0.15, -0.1) is 0 Å².